The zero-order chi connectivity index (χ0) is 16.0. The van der Waals surface area contributed by atoms with Crippen LogP contribution in [0.25, 0.3) is 0 Å². The van der Waals surface area contributed by atoms with Crippen LogP contribution in [0.5, 0.6) is 0 Å². The average molecular weight is 309 g/mol. The Balaban J connectivity index is 2.76. The highest BCUT2D eigenvalue weighted by Crippen LogP contribution is 2.14. The Hall–Kier alpha value is -1.84. The van der Waals surface area contributed by atoms with E-state index >= 15 is 0 Å². The summed E-state index contributed by atoms with van der Waals surface area (Å²) in [4.78, 5) is 11.8. The first kappa shape index (κ1) is 17.2. The third kappa shape index (κ3) is 5.21. The molecule has 0 aliphatic heterocycles. The van der Waals surface area contributed by atoms with Crippen molar-refractivity contribution >= 4 is 15.7 Å². The number of sulfone groups is 1. The molecule has 1 aromatic rings. The topological polar surface area (TPSA) is 83.5 Å². The van der Waals surface area contributed by atoms with Crippen LogP contribution in [0.2, 0.25) is 0 Å². The number of rotatable bonds is 4. The predicted octanol–water partition coefficient (Wildman–Crippen LogP) is 0.641. The average Bonchev–Trinajstić information content (AvgIpc) is 2.43. The first-order valence-electron chi connectivity index (χ1n) is 6.44. The Kier molecular flexibility index (Phi) is 5.94. The lowest BCUT2D eigenvalue weighted by Gasteiger charge is -2.17. The van der Waals surface area contributed by atoms with Gasteiger partial charge in [0.05, 0.1) is 6.04 Å². The molecule has 0 aliphatic carbocycles. The summed E-state index contributed by atoms with van der Waals surface area (Å²) in [5.41, 5.74) is 1.61. The van der Waals surface area contributed by atoms with Gasteiger partial charge in [-0.1, -0.05) is 24.0 Å². The van der Waals surface area contributed by atoms with Crippen molar-refractivity contribution in [3.8, 4) is 11.8 Å². The molecule has 0 bridgehead atoms. The molecule has 0 saturated carbocycles. The fourth-order valence-corrected chi connectivity index (χ4v) is 2.06. The molecule has 0 aliphatic rings. The van der Waals surface area contributed by atoms with E-state index in [-0.39, 0.29) is 12.6 Å². The summed E-state index contributed by atoms with van der Waals surface area (Å²) in [7, 11) is -3.40. The molecule has 0 aromatic heterocycles. The van der Waals surface area contributed by atoms with Crippen LogP contribution in [0, 0.1) is 11.8 Å². The molecular weight excluding hydrogens is 290 g/mol. The van der Waals surface area contributed by atoms with Gasteiger partial charge in [0.1, 0.15) is 11.9 Å². The van der Waals surface area contributed by atoms with Crippen molar-refractivity contribution in [1.29, 1.82) is 0 Å². The SMILES string of the molecule is CC(NC(=O)C(C)S(C)(=O)=O)c1ccc(C#CCO)cc1. The molecule has 5 nitrogen and oxygen atoms in total. The monoisotopic (exact) mass is 309 g/mol. The van der Waals surface area contributed by atoms with Gasteiger partial charge in [0, 0.05) is 11.8 Å². The quantitative estimate of drug-likeness (QED) is 0.800. The van der Waals surface area contributed by atoms with E-state index in [4.69, 9.17) is 5.11 Å². The molecule has 0 saturated heterocycles. The standard InChI is InChI=1S/C15H19NO4S/c1-11(16-15(18)12(2)21(3,19)20)14-8-6-13(7-9-14)5-4-10-17/h6-9,11-12,17H,10H2,1-3H3,(H,16,18). The van der Waals surface area contributed by atoms with Crippen LogP contribution < -0.4 is 5.32 Å². The van der Waals surface area contributed by atoms with Gasteiger partial charge < -0.3 is 10.4 Å². The fraction of sp³-hybridized carbons (Fsp3) is 0.400. The van der Waals surface area contributed by atoms with E-state index in [2.05, 4.69) is 17.2 Å². The van der Waals surface area contributed by atoms with E-state index in [1.165, 1.54) is 6.92 Å². The van der Waals surface area contributed by atoms with E-state index < -0.39 is 21.0 Å². The van der Waals surface area contributed by atoms with Gasteiger partial charge in [-0.2, -0.15) is 0 Å². The predicted molar refractivity (Wildman–Crippen MR) is 81.3 cm³/mol. The lowest BCUT2D eigenvalue weighted by Crippen LogP contribution is -2.38. The normalized spacial score (nSPS) is 13.7. The summed E-state index contributed by atoms with van der Waals surface area (Å²) >= 11 is 0. The molecular formula is C15H19NO4S. The van der Waals surface area contributed by atoms with E-state index in [9.17, 15) is 13.2 Å². The fourth-order valence-electron chi connectivity index (χ4n) is 1.61. The zero-order valence-electron chi connectivity index (χ0n) is 12.3. The molecule has 114 valence electrons. The number of amides is 1. The van der Waals surface area contributed by atoms with Gasteiger partial charge in [-0.25, -0.2) is 8.42 Å². The molecule has 0 heterocycles. The molecule has 1 amide bonds. The molecule has 2 N–H and O–H groups in total. The molecule has 1 rings (SSSR count). The van der Waals surface area contributed by atoms with Gasteiger partial charge in [0.2, 0.25) is 5.91 Å². The Labute approximate surface area is 125 Å². The van der Waals surface area contributed by atoms with Crippen molar-refractivity contribution in [1.82, 2.24) is 5.32 Å². The van der Waals surface area contributed by atoms with Gasteiger partial charge in [-0.15, -0.1) is 0 Å². The van der Waals surface area contributed by atoms with Crippen LogP contribution in [0.1, 0.15) is 31.0 Å². The highest BCUT2D eigenvalue weighted by molar-refractivity contribution is 7.92. The van der Waals surface area contributed by atoms with Crippen LogP contribution in [0.4, 0.5) is 0 Å². The zero-order valence-corrected chi connectivity index (χ0v) is 13.1. The summed E-state index contributed by atoms with van der Waals surface area (Å²) in [6.07, 6.45) is 1.04. The molecule has 1 aromatic carbocycles. The molecule has 21 heavy (non-hydrogen) atoms. The maximum atomic E-state index is 11.8. The molecule has 6 heteroatoms. The lowest BCUT2D eigenvalue weighted by atomic mass is 10.1. The molecule has 0 spiro atoms. The number of hydrogen-bond acceptors (Lipinski definition) is 4. The van der Waals surface area contributed by atoms with Gasteiger partial charge in [0.25, 0.3) is 0 Å². The molecule has 0 radical (unpaired) electrons. The lowest BCUT2D eigenvalue weighted by molar-refractivity contribution is -0.121. The Morgan fingerprint density at radius 1 is 1.29 bits per heavy atom. The minimum Gasteiger partial charge on any atom is -0.384 e. The van der Waals surface area contributed by atoms with Crippen molar-refractivity contribution in [3.05, 3.63) is 35.4 Å². The number of carbonyl (C=O) groups excluding carboxylic acids is 1. The van der Waals surface area contributed by atoms with E-state index in [0.29, 0.717) is 0 Å². The molecule has 2 atom stereocenters. The van der Waals surface area contributed by atoms with Crippen molar-refractivity contribution in [2.75, 3.05) is 12.9 Å². The summed E-state index contributed by atoms with van der Waals surface area (Å²) in [6.45, 7) is 2.95. The number of carbonyl (C=O) groups is 1. The number of aliphatic hydroxyl groups excluding tert-OH is 1. The Morgan fingerprint density at radius 2 is 1.86 bits per heavy atom. The van der Waals surface area contributed by atoms with Gasteiger partial charge in [-0.05, 0) is 31.5 Å². The third-order valence-corrected chi connectivity index (χ3v) is 4.59. The summed E-state index contributed by atoms with van der Waals surface area (Å²) < 4.78 is 22.7. The third-order valence-electron chi connectivity index (χ3n) is 3.09. The Morgan fingerprint density at radius 3 is 2.33 bits per heavy atom. The van der Waals surface area contributed by atoms with Crippen LogP contribution in [-0.2, 0) is 14.6 Å². The molecule has 2 unspecified atom stereocenters. The number of nitrogens with one attached hydrogen (secondary N) is 1. The van der Waals surface area contributed by atoms with Crippen LogP contribution in [0.3, 0.4) is 0 Å². The summed E-state index contributed by atoms with van der Waals surface area (Å²) in [6, 6.07) is 6.86. The highest BCUT2D eigenvalue weighted by atomic mass is 32.2. The smallest absolute Gasteiger partial charge is 0.238 e. The summed E-state index contributed by atoms with van der Waals surface area (Å²) in [5, 5.41) is 10.2. The second kappa shape index (κ2) is 7.25. The number of benzene rings is 1. The first-order chi connectivity index (χ1) is 9.75. The largest absolute Gasteiger partial charge is 0.384 e. The second-order valence-corrected chi connectivity index (χ2v) is 7.15. The van der Waals surface area contributed by atoms with E-state index in [0.717, 1.165) is 17.4 Å². The van der Waals surface area contributed by atoms with Gasteiger partial charge in [-0.3, -0.25) is 4.79 Å². The summed E-state index contributed by atoms with van der Waals surface area (Å²) in [5.74, 6) is 4.80. The van der Waals surface area contributed by atoms with Crippen molar-refractivity contribution in [2.24, 2.45) is 0 Å². The van der Waals surface area contributed by atoms with Crippen molar-refractivity contribution < 1.29 is 18.3 Å². The number of hydrogen-bond donors (Lipinski definition) is 2. The van der Waals surface area contributed by atoms with Gasteiger partial charge >= 0.3 is 0 Å². The minimum atomic E-state index is -3.40. The Bertz CT molecular complexity index is 653. The van der Waals surface area contributed by atoms with Crippen LogP contribution in [-0.4, -0.2) is 37.5 Å². The van der Waals surface area contributed by atoms with Crippen LogP contribution in [0.15, 0.2) is 24.3 Å². The van der Waals surface area contributed by atoms with Crippen molar-refractivity contribution in [3.63, 3.8) is 0 Å². The first-order valence-corrected chi connectivity index (χ1v) is 8.40. The maximum Gasteiger partial charge on any atom is 0.238 e. The van der Waals surface area contributed by atoms with Crippen LogP contribution >= 0.6 is 0 Å². The molecule has 0 fully saturated rings. The maximum absolute atomic E-state index is 11.8. The number of aliphatic hydroxyl groups is 1. The minimum absolute atomic E-state index is 0.197. The second-order valence-electron chi connectivity index (χ2n) is 4.78. The van der Waals surface area contributed by atoms with Crippen molar-refractivity contribution in [2.45, 2.75) is 25.1 Å². The van der Waals surface area contributed by atoms with E-state index in [1.807, 2.05) is 0 Å². The highest BCUT2D eigenvalue weighted by Gasteiger charge is 2.24. The van der Waals surface area contributed by atoms with Gasteiger partial charge in [0.15, 0.2) is 9.84 Å². The van der Waals surface area contributed by atoms with E-state index in [1.54, 1.807) is 31.2 Å².